The maximum absolute atomic E-state index is 11.8. The Balaban J connectivity index is 3.78. The van der Waals surface area contributed by atoms with Gasteiger partial charge in [-0.3, -0.25) is 9.35 Å². The summed E-state index contributed by atoms with van der Waals surface area (Å²) in [6.07, 6.45) is 15.2. The van der Waals surface area contributed by atoms with Crippen LogP contribution in [0, 0.1) is 5.92 Å². The highest BCUT2D eigenvalue weighted by Gasteiger charge is 2.32. The van der Waals surface area contributed by atoms with Gasteiger partial charge in [-0.2, -0.15) is 8.42 Å². The molecule has 0 rings (SSSR count). The number of rotatable bonds is 16. The largest absolute Gasteiger partial charge is 0.359 e. The number of hydrogen-bond donors (Lipinski definition) is 2. The first-order valence-electron chi connectivity index (χ1n) is 10.0. The third-order valence-electron chi connectivity index (χ3n) is 4.99. The molecular formula is C19H39NO4S. The minimum absolute atomic E-state index is 0.312. The molecule has 0 aliphatic rings. The minimum Gasteiger partial charge on any atom is -0.359 e. The molecule has 0 saturated heterocycles. The van der Waals surface area contributed by atoms with Crippen LogP contribution in [0.5, 0.6) is 0 Å². The molecule has 2 atom stereocenters. The fourth-order valence-corrected chi connectivity index (χ4v) is 3.85. The number of unbranched alkanes of at least 4 members (excludes halogenated alkanes) is 11. The molecule has 0 fully saturated rings. The van der Waals surface area contributed by atoms with E-state index in [1.165, 1.54) is 71.8 Å². The zero-order valence-electron chi connectivity index (χ0n) is 16.4. The average molecular weight is 378 g/mol. The molecule has 2 N–H and O–H groups in total. The second-order valence-corrected chi connectivity index (χ2v) is 8.89. The van der Waals surface area contributed by atoms with Crippen molar-refractivity contribution in [1.29, 1.82) is 0 Å². The minimum atomic E-state index is -4.18. The van der Waals surface area contributed by atoms with Crippen LogP contribution >= 0.6 is 0 Å². The van der Waals surface area contributed by atoms with Gasteiger partial charge >= 0.3 is 0 Å². The van der Waals surface area contributed by atoms with Crippen LogP contribution < -0.4 is 5.32 Å². The van der Waals surface area contributed by atoms with Gasteiger partial charge in [-0.25, -0.2) is 0 Å². The molecule has 0 radical (unpaired) electrons. The Morgan fingerprint density at radius 3 is 1.64 bits per heavy atom. The van der Waals surface area contributed by atoms with Crippen LogP contribution in [0.25, 0.3) is 0 Å². The van der Waals surface area contributed by atoms with Crippen LogP contribution in [-0.2, 0) is 14.9 Å². The van der Waals surface area contributed by atoms with Crippen LogP contribution in [0.15, 0.2) is 0 Å². The van der Waals surface area contributed by atoms with Gasteiger partial charge in [0.2, 0.25) is 5.91 Å². The number of carbonyl (C=O) groups is 1. The number of nitrogens with one attached hydrogen (secondary N) is 1. The lowest BCUT2D eigenvalue weighted by Gasteiger charge is -2.20. The van der Waals surface area contributed by atoms with Crippen molar-refractivity contribution in [3.8, 4) is 0 Å². The lowest BCUT2D eigenvalue weighted by molar-refractivity contribution is -0.124. The predicted molar refractivity (Wildman–Crippen MR) is 104 cm³/mol. The van der Waals surface area contributed by atoms with Gasteiger partial charge in [0.15, 0.2) is 0 Å². The molecular weight excluding hydrogens is 338 g/mol. The van der Waals surface area contributed by atoms with E-state index in [1.54, 1.807) is 0 Å². The third kappa shape index (κ3) is 12.4. The Bertz CT molecular complexity index is 437. The summed E-state index contributed by atoms with van der Waals surface area (Å²) in [6.45, 7) is 3.63. The first-order chi connectivity index (χ1) is 11.8. The molecule has 5 nitrogen and oxygen atoms in total. The summed E-state index contributed by atoms with van der Waals surface area (Å²) in [5.41, 5.74) is 0. The number of carbonyl (C=O) groups excluding carboxylic acids is 1. The van der Waals surface area contributed by atoms with E-state index in [0.29, 0.717) is 6.42 Å². The van der Waals surface area contributed by atoms with Crippen LogP contribution in [0.3, 0.4) is 0 Å². The molecule has 0 aromatic rings. The van der Waals surface area contributed by atoms with E-state index < -0.39 is 21.3 Å². The first-order valence-corrected chi connectivity index (χ1v) is 11.5. The third-order valence-corrected chi connectivity index (χ3v) is 6.26. The molecule has 0 aromatic heterocycles. The van der Waals surface area contributed by atoms with Crippen LogP contribution in [0.2, 0.25) is 0 Å². The summed E-state index contributed by atoms with van der Waals surface area (Å²) in [5, 5.41) is 1.44. The Labute approximate surface area is 155 Å². The van der Waals surface area contributed by atoms with E-state index in [1.807, 2.05) is 0 Å². The summed E-state index contributed by atoms with van der Waals surface area (Å²) < 4.78 is 31.8. The second kappa shape index (κ2) is 14.5. The SMILES string of the molecule is CCCCCCCCCCCCCCC(C(=O)NC)C(C)S(=O)(=O)O. The summed E-state index contributed by atoms with van der Waals surface area (Å²) in [4.78, 5) is 11.8. The second-order valence-electron chi connectivity index (χ2n) is 7.12. The van der Waals surface area contributed by atoms with Gasteiger partial charge in [0.25, 0.3) is 10.1 Å². The van der Waals surface area contributed by atoms with Crippen LogP contribution in [-0.4, -0.2) is 31.2 Å². The van der Waals surface area contributed by atoms with Gasteiger partial charge in [0, 0.05) is 7.05 Å². The van der Waals surface area contributed by atoms with Crippen LogP contribution in [0.1, 0.15) is 97.3 Å². The topological polar surface area (TPSA) is 83.5 Å². The maximum atomic E-state index is 11.8. The van der Waals surface area contributed by atoms with Gasteiger partial charge in [-0.1, -0.05) is 84.0 Å². The molecule has 0 spiro atoms. The zero-order valence-corrected chi connectivity index (χ0v) is 17.2. The first kappa shape index (κ1) is 24.4. The summed E-state index contributed by atoms with van der Waals surface area (Å²) >= 11 is 0. The average Bonchev–Trinajstić information content (AvgIpc) is 2.57. The molecule has 0 aliphatic heterocycles. The highest BCUT2D eigenvalue weighted by Crippen LogP contribution is 2.20. The highest BCUT2D eigenvalue weighted by molar-refractivity contribution is 7.86. The molecule has 6 heteroatoms. The lowest BCUT2D eigenvalue weighted by Crippen LogP contribution is -2.38. The van der Waals surface area contributed by atoms with Crippen LogP contribution in [0.4, 0.5) is 0 Å². The van der Waals surface area contributed by atoms with Gasteiger partial charge in [-0.15, -0.1) is 0 Å². The van der Waals surface area contributed by atoms with E-state index in [9.17, 15) is 17.8 Å². The van der Waals surface area contributed by atoms with E-state index in [2.05, 4.69) is 12.2 Å². The number of amides is 1. The molecule has 0 aliphatic carbocycles. The van der Waals surface area contributed by atoms with E-state index >= 15 is 0 Å². The lowest BCUT2D eigenvalue weighted by atomic mass is 9.96. The highest BCUT2D eigenvalue weighted by atomic mass is 32.2. The van der Waals surface area contributed by atoms with Crippen molar-refractivity contribution in [2.24, 2.45) is 5.92 Å². The monoisotopic (exact) mass is 377 g/mol. The molecule has 1 amide bonds. The van der Waals surface area contributed by atoms with Gasteiger partial charge in [-0.05, 0) is 13.3 Å². The summed E-state index contributed by atoms with van der Waals surface area (Å²) in [5.74, 6) is -0.990. The molecule has 0 saturated carbocycles. The molecule has 25 heavy (non-hydrogen) atoms. The molecule has 0 bridgehead atoms. The van der Waals surface area contributed by atoms with Gasteiger partial charge < -0.3 is 5.32 Å². The van der Waals surface area contributed by atoms with Gasteiger partial charge in [0.1, 0.15) is 0 Å². The standard InChI is InChI=1S/C19H39NO4S/c1-4-5-6-7-8-9-10-11-12-13-14-15-16-18(19(21)20-3)17(2)25(22,23)24/h17-18H,4-16H2,1-3H3,(H,20,21)(H,22,23,24). The van der Waals surface area contributed by atoms with Gasteiger partial charge in [0.05, 0.1) is 11.2 Å². The Morgan fingerprint density at radius 1 is 0.880 bits per heavy atom. The normalized spacial score (nSPS) is 14.2. The summed E-state index contributed by atoms with van der Waals surface area (Å²) in [7, 11) is -2.69. The summed E-state index contributed by atoms with van der Waals surface area (Å²) in [6, 6.07) is 0. The van der Waals surface area contributed by atoms with Crippen molar-refractivity contribution in [1.82, 2.24) is 5.32 Å². The van der Waals surface area contributed by atoms with Crippen molar-refractivity contribution < 1.29 is 17.8 Å². The van der Waals surface area contributed by atoms with Crippen molar-refractivity contribution in [2.75, 3.05) is 7.05 Å². The van der Waals surface area contributed by atoms with E-state index in [0.717, 1.165) is 19.3 Å². The van der Waals surface area contributed by atoms with Crippen molar-refractivity contribution in [3.63, 3.8) is 0 Å². The Kier molecular flexibility index (Phi) is 14.2. The molecule has 0 heterocycles. The Hall–Kier alpha value is -0.620. The predicted octanol–water partition coefficient (Wildman–Crippen LogP) is 4.72. The molecule has 2 unspecified atom stereocenters. The quantitative estimate of drug-likeness (QED) is 0.301. The fourth-order valence-electron chi connectivity index (χ4n) is 3.18. The van der Waals surface area contributed by atoms with E-state index in [4.69, 9.17) is 0 Å². The van der Waals surface area contributed by atoms with Crippen molar-refractivity contribution >= 4 is 16.0 Å². The maximum Gasteiger partial charge on any atom is 0.268 e. The molecule has 150 valence electrons. The fraction of sp³-hybridized carbons (Fsp3) is 0.947. The Morgan fingerprint density at radius 2 is 1.28 bits per heavy atom. The molecule has 0 aromatic carbocycles. The smallest absolute Gasteiger partial charge is 0.268 e. The zero-order chi connectivity index (χ0) is 19.1. The van der Waals surface area contributed by atoms with Crippen molar-refractivity contribution in [2.45, 2.75) is 103 Å². The number of hydrogen-bond acceptors (Lipinski definition) is 3. The van der Waals surface area contributed by atoms with E-state index in [-0.39, 0.29) is 5.91 Å². The van der Waals surface area contributed by atoms with Crippen molar-refractivity contribution in [3.05, 3.63) is 0 Å².